The molecule has 0 unspecified atom stereocenters. The molecule has 0 radical (unpaired) electrons. The normalized spacial score (nSPS) is 10.8. The Bertz CT molecular complexity index is 1250. The molecule has 0 atom stereocenters. The van der Waals surface area contributed by atoms with Crippen molar-refractivity contribution in [1.29, 1.82) is 0 Å². The largest absolute Gasteiger partial charge is 0.465 e. The molecule has 0 spiro atoms. The van der Waals surface area contributed by atoms with Crippen LogP contribution in [0.1, 0.15) is 10.4 Å². The fourth-order valence-corrected chi connectivity index (χ4v) is 5.38. The second-order valence-corrected chi connectivity index (χ2v) is 9.30. The van der Waals surface area contributed by atoms with E-state index in [-0.39, 0.29) is 23.0 Å². The molecule has 0 bridgehead atoms. The summed E-state index contributed by atoms with van der Waals surface area (Å²) in [7, 11) is 3.12. The molecule has 164 valence electrons. The van der Waals surface area contributed by atoms with Crippen LogP contribution in [0.25, 0.3) is 21.8 Å². The van der Waals surface area contributed by atoms with E-state index in [1.54, 1.807) is 28.8 Å². The van der Waals surface area contributed by atoms with Gasteiger partial charge < -0.3 is 14.6 Å². The number of carbonyl (C=O) groups excluding carboxylic acids is 2. The van der Waals surface area contributed by atoms with Crippen LogP contribution in [-0.2, 0) is 16.6 Å². The van der Waals surface area contributed by atoms with Gasteiger partial charge in [-0.05, 0) is 29.1 Å². The number of methoxy groups -OCH3 is 1. The predicted molar refractivity (Wildman–Crippen MR) is 125 cm³/mol. The van der Waals surface area contributed by atoms with Gasteiger partial charge in [0.2, 0.25) is 5.91 Å². The van der Waals surface area contributed by atoms with E-state index >= 15 is 0 Å². The number of nitrogens with one attached hydrogen (secondary N) is 1. The Balaban J connectivity index is 1.49. The topological polar surface area (TPSA) is 86.1 Å². The van der Waals surface area contributed by atoms with Crippen LogP contribution in [0.4, 0.5) is 9.39 Å². The SMILES string of the molecule is COC(=O)c1c(-c2ccc(F)cc2)csc1NC(=O)CSc1nnc(-c2cccs2)n1C. The number of benzene rings is 1. The molecular formula is C21H17FN4O3S3. The number of amides is 1. The van der Waals surface area contributed by atoms with Gasteiger partial charge in [0.05, 0.1) is 17.7 Å². The number of anilines is 1. The lowest BCUT2D eigenvalue weighted by atomic mass is 10.0. The summed E-state index contributed by atoms with van der Waals surface area (Å²) in [4.78, 5) is 26.0. The maximum Gasteiger partial charge on any atom is 0.341 e. The number of hydrogen-bond acceptors (Lipinski definition) is 8. The van der Waals surface area contributed by atoms with Crippen LogP contribution in [0, 0.1) is 5.82 Å². The van der Waals surface area contributed by atoms with E-state index in [1.807, 2.05) is 29.1 Å². The molecule has 0 aliphatic rings. The first-order valence-electron chi connectivity index (χ1n) is 9.29. The van der Waals surface area contributed by atoms with Gasteiger partial charge in [-0.15, -0.1) is 32.9 Å². The lowest BCUT2D eigenvalue weighted by molar-refractivity contribution is -0.113. The first-order chi connectivity index (χ1) is 15.5. The monoisotopic (exact) mass is 488 g/mol. The van der Waals surface area contributed by atoms with Crippen molar-refractivity contribution >= 4 is 51.3 Å². The van der Waals surface area contributed by atoms with Crippen molar-refractivity contribution in [3.63, 3.8) is 0 Å². The van der Waals surface area contributed by atoms with Gasteiger partial charge in [0.1, 0.15) is 16.4 Å². The maximum absolute atomic E-state index is 13.3. The summed E-state index contributed by atoms with van der Waals surface area (Å²) < 4.78 is 20.0. The number of carbonyl (C=O) groups is 2. The average Bonchev–Trinajstić information content (AvgIpc) is 3.53. The van der Waals surface area contributed by atoms with E-state index in [2.05, 4.69) is 15.5 Å². The minimum Gasteiger partial charge on any atom is -0.465 e. The summed E-state index contributed by atoms with van der Waals surface area (Å²) in [6, 6.07) is 9.67. The van der Waals surface area contributed by atoms with Crippen LogP contribution in [0.3, 0.4) is 0 Å². The van der Waals surface area contributed by atoms with Crippen LogP contribution >= 0.6 is 34.4 Å². The summed E-state index contributed by atoms with van der Waals surface area (Å²) >= 11 is 4.02. The van der Waals surface area contributed by atoms with Crippen LogP contribution in [0.5, 0.6) is 0 Å². The summed E-state index contributed by atoms with van der Waals surface area (Å²) in [5, 5.41) is 15.8. The lowest BCUT2D eigenvalue weighted by Crippen LogP contribution is -2.16. The third-order valence-electron chi connectivity index (χ3n) is 4.50. The molecule has 1 N–H and O–H groups in total. The molecule has 0 saturated heterocycles. The highest BCUT2D eigenvalue weighted by Crippen LogP contribution is 2.36. The van der Waals surface area contributed by atoms with Gasteiger partial charge in [-0.1, -0.05) is 30.0 Å². The second kappa shape index (κ2) is 9.63. The van der Waals surface area contributed by atoms with Crippen molar-refractivity contribution in [1.82, 2.24) is 14.8 Å². The fraction of sp³-hybridized carbons (Fsp3) is 0.143. The van der Waals surface area contributed by atoms with Gasteiger partial charge in [-0.25, -0.2) is 9.18 Å². The number of nitrogens with zero attached hydrogens (tertiary/aromatic N) is 3. The highest BCUT2D eigenvalue weighted by Gasteiger charge is 2.23. The predicted octanol–water partition coefficient (Wildman–Crippen LogP) is 4.93. The Morgan fingerprint density at radius 3 is 2.66 bits per heavy atom. The van der Waals surface area contributed by atoms with Crippen LogP contribution in [0.15, 0.2) is 52.3 Å². The first kappa shape index (κ1) is 22.2. The average molecular weight is 489 g/mol. The van der Waals surface area contributed by atoms with E-state index in [0.717, 1.165) is 10.7 Å². The van der Waals surface area contributed by atoms with E-state index in [1.165, 1.54) is 42.3 Å². The van der Waals surface area contributed by atoms with Gasteiger partial charge in [0.25, 0.3) is 0 Å². The molecule has 32 heavy (non-hydrogen) atoms. The molecule has 3 heterocycles. The number of thioether (sulfide) groups is 1. The van der Waals surface area contributed by atoms with E-state index in [0.29, 0.717) is 21.3 Å². The third-order valence-corrected chi connectivity index (χ3v) is 7.28. The van der Waals surface area contributed by atoms with Gasteiger partial charge in [0, 0.05) is 18.0 Å². The fourth-order valence-electron chi connectivity index (χ4n) is 2.95. The van der Waals surface area contributed by atoms with Crippen molar-refractivity contribution in [2.75, 3.05) is 18.2 Å². The van der Waals surface area contributed by atoms with Gasteiger partial charge in [-0.2, -0.15) is 0 Å². The Labute approximate surface area is 195 Å². The molecule has 1 amide bonds. The van der Waals surface area contributed by atoms with E-state index in [9.17, 15) is 14.0 Å². The molecule has 3 aromatic heterocycles. The summed E-state index contributed by atoms with van der Waals surface area (Å²) in [5.41, 5.74) is 1.46. The minimum absolute atomic E-state index is 0.0841. The van der Waals surface area contributed by atoms with Gasteiger partial charge in [0.15, 0.2) is 11.0 Å². The molecule has 0 aliphatic heterocycles. The number of aromatic nitrogens is 3. The standard InChI is InChI=1S/C21H17FN4O3S3/c1-26-18(15-4-3-9-30-15)24-25-21(26)32-11-16(27)23-19-17(20(28)29-2)14(10-31-19)12-5-7-13(22)8-6-12/h3-10H,11H2,1-2H3,(H,23,27). The molecule has 7 nitrogen and oxygen atoms in total. The van der Waals surface area contributed by atoms with Crippen LogP contribution in [-0.4, -0.2) is 39.5 Å². The second-order valence-electron chi connectivity index (χ2n) is 6.53. The van der Waals surface area contributed by atoms with Gasteiger partial charge >= 0.3 is 5.97 Å². The smallest absolute Gasteiger partial charge is 0.341 e. The third kappa shape index (κ3) is 4.59. The number of halogens is 1. The Morgan fingerprint density at radius 2 is 1.97 bits per heavy atom. The van der Waals surface area contributed by atoms with Crippen molar-refractivity contribution in [2.24, 2.45) is 7.05 Å². The zero-order valence-corrected chi connectivity index (χ0v) is 19.4. The van der Waals surface area contributed by atoms with Crippen molar-refractivity contribution < 1.29 is 18.7 Å². The minimum atomic E-state index is -0.581. The zero-order chi connectivity index (χ0) is 22.7. The number of hydrogen-bond donors (Lipinski definition) is 1. The van der Waals surface area contributed by atoms with Crippen molar-refractivity contribution in [3.05, 3.63) is 58.5 Å². The van der Waals surface area contributed by atoms with E-state index in [4.69, 9.17) is 4.74 Å². The number of esters is 1. The maximum atomic E-state index is 13.3. The Kier molecular flexibility index (Phi) is 6.68. The molecular weight excluding hydrogens is 471 g/mol. The highest BCUT2D eigenvalue weighted by molar-refractivity contribution is 7.99. The Hall–Kier alpha value is -3.02. The molecule has 4 aromatic rings. The first-order valence-corrected chi connectivity index (χ1v) is 12.0. The molecule has 0 fully saturated rings. The number of ether oxygens (including phenoxy) is 1. The quantitative estimate of drug-likeness (QED) is 0.293. The van der Waals surface area contributed by atoms with E-state index < -0.39 is 5.97 Å². The van der Waals surface area contributed by atoms with Gasteiger partial charge in [-0.3, -0.25) is 4.79 Å². The Morgan fingerprint density at radius 1 is 1.19 bits per heavy atom. The van der Waals surface area contributed by atoms with Crippen LogP contribution < -0.4 is 5.32 Å². The zero-order valence-electron chi connectivity index (χ0n) is 17.0. The molecule has 0 saturated carbocycles. The highest BCUT2D eigenvalue weighted by atomic mass is 32.2. The van der Waals surface area contributed by atoms with Crippen molar-refractivity contribution in [2.45, 2.75) is 5.16 Å². The van der Waals surface area contributed by atoms with Crippen LogP contribution in [0.2, 0.25) is 0 Å². The molecule has 1 aromatic carbocycles. The lowest BCUT2D eigenvalue weighted by Gasteiger charge is -2.08. The number of thiophene rings is 2. The number of rotatable bonds is 7. The molecule has 4 rings (SSSR count). The molecule has 0 aliphatic carbocycles. The molecule has 11 heteroatoms. The summed E-state index contributed by atoms with van der Waals surface area (Å²) in [6.07, 6.45) is 0. The summed E-state index contributed by atoms with van der Waals surface area (Å²) in [6.45, 7) is 0. The summed E-state index contributed by atoms with van der Waals surface area (Å²) in [5.74, 6) is -0.435. The van der Waals surface area contributed by atoms with Crippen molar-refractivity contribution in [3.8, 4) is 21.8 Å².